The number of hydrogen-bond donors (Lipinski definition) is 0. The van der Waals surface area contributed by atoms with Gasteiger partial charge in [0, 0.05) is 26.2 Å². The fourth-order valence-corrected chi connectivity index (χ4v) is 4.66. The molecule has 0 bridgehead atoms. The number of amides is 2. The predicted molar refractivity (Wildman–Crippen MR) is 113 cm³/mol. The Morgan fingerprint density at radius 1 is 0.828 bits per heavy atom. The molecule has 2 saturated heterocycles. The lowest BCUT2D eigenvalue weighted by Crippen LogP contribution is -2.53. The van der Waals surface area contributed by atoms with E-state index in [1.807, 2.05) is 39.0 Å². The molecule has 0 saturated carbocycles. The van der Waals surface area contributed by atoms with Crippen molar-refractivity contribution in [1.82, 2.24) is 9.80 Å². The lowest BCUT2D eigenvalue weighted by Gasteiger charge is -2.38. The number of rotatable bonds is 3. The molecule has 0 spiro atoms. The Morgan fingerprint density at radius 2 is 1.41 bits per heavy atom. The molecule has 4 rings (SSSR count). The Kier molecular flexibility index (Phi) is 6.57. The van der Waals surface area contributed by atoms with Crippen LogP contribution in [0.15, 0.2) is 24.3 Å². The van der Waals surface area contributed by atoms with Gasteiger partial charge in [-0.1, -0.05) is 31.4 Å². The molecule has 0 radical (unpaired) electrons. The van der Waals surface area contributed by atoms with Crippen LogP contribution in [0.2, 0.25) is 0 Å². The molecule has 6 heteroatoms. The van der Waals surface area contributed by atoms with Gasteiger partial charge in [0.05, 0.1) is 18.8 Å². The highest BCUT2D eigenvalue weighted by molar-refractivity contribution is 5.86. The van der Waals surface area contributed by atoms with Crippen molar-refractivity contribution in [3.63, 3.8) is 0 Å². The molecule has 1 aromatic rings. The normalized spacial score (nSPS) is 22.9. The van der Waals surface area contributed by atoms with Gasteiger partial charge in [-0.2, -0.15) is 0 Å². The molecule has 29 heavy (non-hydrogen) atoms. The average molecular weight is 400 g/mol. The van der Waals surface area contributed by atoms with Crippen LogP contribution in [-0.2, 0) is 9.59 Å². The van der Waals surface area contributed by atoms with Gasteiger partial charge in [-0.3, -0.25) is 9.59 Å². The molecular formula is C23H33N3O3. The molecule has 0 aliphatic carbocycles. The van der Waals surface area contributed by atoms with Crippen molar-refractivity contribution in [3.8, 4) is 5.75 Å². The van der Waals surface area contributed by atoms with E-state index in [0.717, 1.165) is 57.5 Å². The van der Waals surface area contributed by atoms with Gasteiger partial charge in [0.1, 0.15) is 5.75 Å². The number of fused-ring (bicyclic) bond motifs is 1. The van der Waals surface area contributed by atoms with Crippen LogP contribution in [0.25, 0.3) is 0 Å². The lowest BCUT2D eigenvalue weighted by atomic mass is 10.1. The topological polar surface area (TPSA) is 53.1 Å². The molecular weight excluding hydrogens is 366 g/mol. The lowest BCUT2D eigenvalue weighted by molar-refractivity contribution is -0.140. The highest BCUT2D eigenvalue weighted by Gasteiger charge is 2.35. The van der Waals surface area contributed by atoms with Gasteiger partial charge in [-0.15, -0.1) is 0 Å². The second-order valence-electron chi connectivity index (χ2n) is 8.49. The summed E-state index contributed by atoms with van der Waals surface area (Å²) < 4.78 is 6.08. The standard InChI is InChI=1S/C23H33N3O3/c27-22(24-13-7-2-1-3-8-14-24)18-26-17-21(23(28)25-15-9-4-10-16-25)29-20-12-6-5-11-19(20)26/h5-6,11-12,21H,1-4,7-10,13-18H2/t21-/m1/s1. The van der Waals surface area contributed by atoms with E-state index >= 15 is 0 Å². The van der Waals surface area contributed by atoms with Crippen molar-refractivity contribution in [2.24, 2.45) is 0 Å². The summed E-state index contributed by atoms with van der Waals surface area (Å²) >= 11 is 0. The molecule has 1 aromatic carbocycles. The third-order valence-corrected chi connectivity index (χ3v) is 6.34. The summed E-state index contributed by atoms with van der Waals surface area (Å²) in [5.74, 6) is 0.922. The SMILES string of the molecule is O=C(CN1C[C@H](C(=O)N2CCCCC2)Oc2ccccc21)N1CCCCCCC1. The zero-order chi connectivity index (χ0) is 20.1. The zero-order valence-electron chi connectivity index (χ0n) is 17.4. The van der Waals surface area contributed by atoms with Crippen LogP contribution >= 0.6 is 0 Å². The maximum atomic E-state index is 13.1. The Labute approximate surface area is 173 Å². The van der Waals surface area contributed by atoms with Gasteiger partial charge in [0.15, 0.2) is 6.10 Å². The molecule has 1 atom stereocenters. The maximum Gasteiger partial charge on any atom is 0.265 e. The fraction of sp³-hybridized carbons (Fsp3) is 0.652. The number of likely N-dealkylation sites (tertiary alicyclic amines) is 2. The maximum absolute atomic E-state index is 13.1. The molecule has 0 N–H and O–H groups in total. The molecule has 3 aliphatic rings. The Balaban J connectivity index is 1.47. The summed E-state index contributed by atoms with van der Waals surface area (Å²) in [5, 5.41) is 0. The summed E-state index contributed by atoms with van der Waals surface area (Å²) in [4.78, 5) is 32.1. The molecule has 0 unspecified atom stereocenters. The summed E-state index contributed by atoms with van der Waals surface area (Å²) in [6, 6.07) is 7.77. The third kappa shape index (κ3) is 4.85. The minimum atomic E-state index is -0.539. The van der Waals surface area contributed by atoms with E-state index in [1.54, 1.807) is 0 Å². The number of carbonyl (C=O) groups is 2. The average Bonchev–Trinajstić information content (AvgIpc) is 2.73. The molecule has 158 valence electrons. The minimum absolute atomic E-state index is 0.0583. The van der Waals surface area contributed by atoms with Gasteiger partial charge in [0.25, 0.3) is 5.91 Å². The van der Waals surface area contributed by atoms with Gasteiger partial charge >= 0.3 is 0 Å². The van der Waals surface area contributed by atoms with Gasteiger partial charge in [-0.05, 0) is 44.2 Å². The van der Waals surface area contributed by atoms with Gasteiger partial charge < -0.3 is 19.4 Å². The van der Waals surface area contributed by atoms with Gasteiger partial charge in [-0.25, -0.2) is 0 Å². The highest BCUT2D eigenvalue weighted by atomic mass is 16.5. The minimum Gasteiger partial charge on any atom is -0.477 e. The van der Waals surface area contributed by atoms with Crippen molar-refractivity contribution in [2.45, 2.75) is 57.5 Å². The zero-order valence-corrected chi connectivity index (χ0v) is 17.4. The number of piperidine rings is 1. The molecule has 2 fully saturated rings. The van der Waals surface area contributed by atoms with Crippen LogP contribution in [0, 0.1) is 0 Å². The Morgan fingerprint density at radius 3 is 2.14 bits per heavy atom. The number of ether oxygens (including phenoxy) is 1. The Hall–Kier alpha value is -2.24. The number of hydrogen-bond acceptors (Lipinski definition) is 4. The summed E-state index contributed by atoms with van der Waals surface area (Å²) in [6.07, 6.45) is 8.63. The molecule has 6 nitrogen and oxygen atoms in total. The predicted octanol–water partition coefficient (Wildman–Crippen LogP) is 3.06. The monoisotopic (exact) mass is 399 g/mol. The van der Waals surface area contributed by atoms with E-state index in [9.17, 15) is 9.59 Å². The second-order valence-corrected chi connectivity index (χ2v) is 8.49. The van der Waals surface area contributed by atoms with Crippen molar-refractivity contribution >= 4 is 17.5 Å². The molecule has 0 aromatic heterocycles. The van der Waals surface area contributed by atoms with Crippen LogP contribution in [0.5, 0.6) is 5.75 Å². The fourth-order valence-electron chi connectivity index (χ4n) is 4.66. The molecule has 3 heterocycles. The summed E-state index contributed by atoms with van der Waals surface area (Å²) in [6.45, 7) is 4.07. The quantitative estimate of drug-likeness (QED) is 0.784. The van der Waals surface area contributed by atoms with Crippen LogP contribution < -0.4 is 9.64 Å². The van der Waals surface area contributed by atoms with Crippen molar-refractivity contribution in [3.05, 3.63) is 24.3 Å². The molecule has 3 aliphatic heterocycles. The first-order chi connectivity index (χ1) is 14.2. The number of nitrogens with zero attached hydrogens (tertiary/aromatic N) is 3. The first-order valence-electron chi connectivity index (χ1n) is 11.3. The molecule has 2 amide bonds. The van der Waals surface area contributed by atoms with E-state index in [0.29, 0.717) is 18.8 Å². The number of carbonyl (C=O) groups excluding carboxylic acids is 2. The van der Waals surface area contributed by atoms with E-state index in [2.05, 4.69) is 0 Å². The van der Waals surface area contributed by atoms with E-state index in [-0.39, 0.29) is 11.8 Å². The van der Waals surface area contributed by atoms with Gasteiger partial charge in [0.2, 0.25) is 5.91 Å². The first kappa shape index (κ1) is 20.0. The van der Waals surface area contributed by atoms with Crippen molar-refractivity contribution < 1.29 is 14.3 Å². The van der Waals surface area contributed by atoms with Crippen LogP contribution in [0.4, 0.5) is 5.69 Å². The smallest absolute Gasteiger partial charge is 0.265 e. The highest BCUT2D eigenvalue weighted by Crippen LogP contribution is 2.33. The second kappa shape index (κ2) is 9.51. The number of para-hydroxylation sites is 2. The van der Waals surface area contributed by atoms with Crippen LogP contribution in [0.3, 0.4) is 0 Å². The number of anilines is 1. The number of benzene rings is 1. The van der Waals surface area contributed by atoms with E-state index in [4.69, 9.17) is 4.74 Å². The summed E-state index contributed by atoms with van der Waals surface area (Å²) in [5.41, 5.74) is 0.913. The van der Waals surface area contributed by atoms with Crippen molar-refractivity contribution in [2.75, 3.05) is 44.2 Å². The largest absolute Gasteiger partial charge is 0.477 e. The third-order valence-electron chi connectivity index (χ3n) is 6.34. The van der Waals surface area contributed by atoms with E-state index < -0.39 is 6.10 Å². The summed E-state index contributed by atoms with van der Waals surface area (Å²) in [7, 11) is 0. The Bertz CT molecular complexity index is 709. The van der Waals surface area contributed by atoms with Crippen LogP contribution in [0.1, 0.15) is 51.4 Å². The van der Waals surface area contributed by atoms with Crippen molar-refractivity contribution in [1.29, 1.82) is 0 Å². The van der Waals surface area contributed by atoms with E-state index in [1.165, 1.54) is 25.7 Å². The van der Waals surface area contributed by atoms with Crippen LogP contribution in [-0.4, -0.2) is 67.0 Å². The first-order valence-corrected chi connectivity index (χ1v) is 11.3.